The van der Waals surface area contributed by atoms with E-state index < -0.39 is 6.10 Å². The maximum Gasteiger partial charge on any atom is 0.225 e. The summed E-state index contributed by atoms with van der Waals surface area (Å²) in [7, 11) is 3.44. The first kappa shape index (κ1) is 13.5. The summed E-state index contributed by atoms with van der Waals surface area (Å²) in [6, 6.07) is 7.21. The number of ether oxygens (including phenoxy) is 1. The molecule has 0 heterocycles. The molecule has 1 aromatic rings. The van der Waals surface area contributed by atoms with Crippen LogP contribution in [0, 0.1) is 0 Å². The molecule has 4 nitrogen and oxygen atoms in total. The molecular formula is C13H19NO3. The van der Waals surface area contributed by atoms with Crippen molar-refractivity contribution in [2.24, 2.45) is 0 Å². The lowest BCUT2D eigenvalue weighted by Gasteiger charge is -2.11. The molecule has 0 saturated carbocycles. The van der Waals surface area contributed by atoms with Gasteiger partial charge in [0, 0.05) is 14.1 Å². The molecule has 0 aliphatic heterocycles. The van der Waals surface area contributed by atoms with Gasteiger partial charge in [0.2, 0.25) is 5.91 Å². The van der Waals surface area contributed by atoms with Crippen LogP contribution in [0.4, 0.5) is 0 Å². The smallest absolute Gasteiger partial charge is 0.225 e. The van der Waals surface area contributed by atoms with Crippen molar-refractivity contribution in [2.75, 3.05) is 20.7 Å². The summed E-state index contributed by atoms with van der Waals surface area (Å²) < 4.78 is 5.43. The molecule has 0 bridgehead atoms. The summed E-state index contributed by atoms with van der Waals surface area (Å²) in [4.78, 5) is 12.8. The molecular weight excluding hydrogens is 218 g/mol. The van der Waals surface area contributed by atoms with Crippen molar-refractivity contribution in [2.45, 2.75) is 19.4 Å². The first-order valence-corrected chi connectivity index (χ1v) is 5.61. The van der Waals surface area contributed by atoms with Crippen LogP contribution in [0.25, 0.3) is 0 Å². The van der Waals surface area contributed by atoms with Crippen molar-refractivity contribution in [3.05, 3.63) is 29.8 Å². The second-order valence-electron chi connectivity index (χ2n) is 4.13. The molecule has 4 heteroatoms. The van der Waals surface area contributed by atoms with Crippen LogP contribution in [-0.4, -0.2) is 36.6 Å². The summed E-state index contributed by atoms with van der Waals surface area (Å²) in [5.41, 5.74) is 0.849. The SMILES string of the molecule is C[C@@H](O)c1ccc(OCCC(=O)N(C)C)cc1. The predicted octanol–water partition coefficient (Wildman–Crippen LogP) is 1.60. The number of amides is 1. The molecule has 1 atom stereocenters. The fourth-order valence-corrected chi connectivity index (χ4v) is 1.32. The zero-order valence-electron chi connectivity index (χ0n) is 10.5. The molecule has 0 spiro atoms. The normalized spacial score (nSPS) is 12.0. The third-order valence-electron chi connectivity index (χ3n) is 2.45. The van der Waals surface area contributed by atoms with Crippen LogP contribution in [0.1, 0.15) is 25.0 Å². The minimum atomic E-state index is -0.473. The number of carbonyl (C=O) groups excluding carboxylic acids is 1. The topological polar surface area (TPSA) is 49.8 Å². The molecule has 0 saturated heterocycles. The molecule has 1 N–H and O–H groups in total. The number of hydrogen-bond acceptors (Lipinski definition) is 3. The van der Waals surface area contributed by atoms with E-state index >= 15 is 0 Å². The molecule has 0 aliphatic carbocycles. The zero-order valence-corrected chi connectivity index (χ0v) is 10.5. The summed E-state index contributed by atoms with van der Waals surface area (Å²) in [6.45, 7) is 2.08. The van der Waals surface area contributed by atoms with Crippen molar-refractivity contribution in [1.29, 1.82) is 0 Å². The van der Waals surface area contributed by atoms with Crippen molar-refractivity contribution in [3.63, 3.8) is 0 Å². The lowest BCUT2D eigenvalue weighted by atomic mass is 10.1. The Labute approximate surface area is 102 Å². The van der Waals surface area contributed by atoms with Gasteiger partial charge in [-0.1, -0.05) is 12.1 Å². The van der Waals surface area contributed by atoms with Crippen LogP contribution in [0.15, 0.2) is 24.3 Å². The number of aliphatic hydroxyl groups is 1. The Balaban J connectivity index is 2.40. The average Bonchev–Trinajstić information content (AvgIpc) is 2.29. The molecule has 1 amide bonds. The quantitative estimate of drug-likeness (QED) is 0.846. The van der Waals surface area contributed by atoms with Gasteiger partial charge in [-0.25, -0.2) is 0 Å². The van der Waals surface area contributed by atoms with Crippen molar-refractivity contribution < 1.29 is 14.6 Å². The second kappa shape index (κ2) is 6.25. The molecule has 0 radical (unpaired) electrons. The molecule has 0 aromatic heterocycles. The van der Waals surface area contributed by atoms with E-state index in [4.69, 9.17) is 4.74 Å². The monoisotopic (exact) mass is 237 g/mol. The number of benzene rings is 1. The lowest BCUT2D eigenvalue weighted by Crippen LogP contribution is -2.23. The minimum absolute atomic E-state index is 0.0469. The summed E-state index contributed by atoms with van der Waals surface area (Å²) in [5.74, 6) is 0.756. The largest absolute Gasteiger partial charge is 0.493 e. The maximum atomic E-state index is 11.3. The van der Waals surface area contributed by atoms with Gasteiger partial charge in [0.05, 0.1) is 19.1 Å². The average molecular weight is 237 g/mol. The van der Waals surface area contributed by atoms with Crippen LogP contribution in [-0.2, 0) is 4.79 Å². The Hall–Kier alpha value is -1.55. The molecule has 0 aliphatic rings. The Morgan fingerprint density at radius 1 is 1.35 bits per heavy atom. The van der Waals surface area contributed by atoms with Gasteiger partial charge in [-0.2, -0.15) is 0 Å². The summed E-state index contributed by atoms with van der Waals surface area (Å²) in [5, 5.41) is 9.33. The Bertz CT molecular complexity index is 357. The zero-order chi connectivity index (χ0) is 12.8. The van der Waals surface area contributed by atoms with Crippen molar-refractivity contribution in [1.82, 2.24) is 4.90 Å². The molecule has 0 unspecified atom stereocenters. The molecule has 1 rings (SSSR count). The number of nitrogens with zero attached hydrogens (tertiary/aromatic N) is 1. The van der Waals surface area contributed by atoms with Gasteiger partial charge in [0.1, 0.15) is 5.75 Å². The van der Waals surface area contributed by atoms with Crippen LogP contribution in [0.2, 0.25) is 0 Å². The van der Waals surface area contributed by atoms with E-state index in [-0.39, 0.29) is 5.91 Å². The fourth-order valence-electron chi connectivity index (χ4n) is 1.32. The van der Waals surface area contributed by atoms with E-state index in [2.05, 4.69) is 0 Å². The van der Waals surface area contributed by atoms with Gasteiger partial charge >= 0.3 is 0 Å². The van der Waals surface area contributed by atoms with Gasteiger partial charge in [-0.15, -0.1) is 0 Å². The van der Waals surface area contributed by atoms with E-state index in [1.165, 1.54) is 0 Å². The standard InChI is InChI=1S/C13H19NO3/c1-10(15)11-4-6-12(7-5-11)17-9-8-13(16)14(2)3/h4-7,10,15H,8-9H2,1-3H3/t10-/m1/s1. The van der Waals surface area contributed by atoms with E-state index in [0.717, 1.165) is 5.56 Å². The highest BCUT2D eigenvalue weighted by Gasteiger charge is 2.04. The third-order valence-corrected chi connectivity index (χ3v) is 2.45. The van der Waals surface area contributed by atoms with Gasteiger partial charge in [-0.3, -0.25) is 4.79 Å². The van der Waals surface area contributed by atoms with Crippen LogP contribution in [0.5, 0.6) is 5.75 Å². The predicted molar refractivity (Wildman–Crippen MR) is 65.9 cm³/mol. The lowest BCUT2D eigenvalue weighted by molar-refractivity contribution is -0.129. The van der Waals surface area contributed by atoms with Gasteiger partial charge in [0.15, 0.2) is 0 Å². The van der Waals surface area contributed by atoms with Gasteiger partial charge in [-0.05, 0) is 24.6 Å². The van der Waals surface area contributed by atoms with Gasteiger partial charge < -0.3 is 14.7 Å². The Morgan fingerprint density at radius 3 is 2.41 bits per heavy atom. The summed E-state index contributed by atoms with van der Waals surface area (Å²) >= 11 is 0. The van der Waals surface area contributed by atoms with E-state index in [1.54, 1.807) is 38.1 Å². The number of hydrogen-bond donors (Lipinski definition) is 1. The maximum absolute atomic E-state index is 11.3. The highest BCUT2D eigenvalue weighted by molar-refractivity contribution is 5.75. The van der Waals surface area contributed by atoms with Crippen LogP contribution < -0.4 is 4.74 Å². The first-order chi connectivity index (χ1) is 8.00. The Morgan fingerprint density at radius 2 is 1.94 bits per heavy atom. The third kappa shape index (κ3) is 4.44. The van der Waals surface area contributed by atoms with E-state index in [1.807, 2.05) is 12.1 Å². The number of rotatable bonds is 5. The Kier molecular flexibility index (Phi) is 4.97. The molecule has 1 aromatic carbocycles. The molecule has 94 valence electrons. The minimum Gasteiger partial charge on any atom is -0.493 e. The second-order valence-corrected chi connectivity index (χ2v) is 4.13. The van der Waals surface area contributed by atoms with Crippen molar-refractivity contribution in [3.8, 4) is 5.75 Å². The highest BCUT2D eigenvalue weighted by atomic mass is 16.5. The van der Waals surface area contributed by atoms with E-state index in [9.17, 15) is 9.90 Å². The highest BCUT2D eigenvalue weighted by Crippen LogP contribution is 2.17. The number of carbonyl (C=O) groups is 1. The summed E-state index contributed by atoms with van der Waals surface area (Å²) in [6.07, 6.45) is -0.107. The van der Waals surface area contributed by atoms with Crippen molar-refractivity contribution >= 4 is 5.91 Å². The van der Waals surface area contributed by atoms with Crippen LogP contribution >= 0.6 is 0 Å². The fraction of sp³-hybridized carbons (Fsp3) is 0.462. The number of aliphatic hydroxyl groups excluding tert-OH is 1. The van der Waals surface area contributed by atoms with Gasteiger partial charge in [0.25, 0.3) is 0 Å². The van der Waals surface area contributed by atoms with Crippen LogP contribution in [0.3, 0.4) is 0 Å². The first-order valence-electron chi connectivity index (χ1n) is 5.61. The molecule has 17 heavy (non-hydrogen) atoms. The molecule has 0 fully saturated rings. The van der Waals surface area contributed by atoms with E-state index in [0.29, 0.717) is 18.8 Å².